The topological polar surface area (TPSA) is 57.7 Å². The highest BCUT2D eigenvalue weighted by Crippen LogP contribution is 2.19. The van der Waals surface area contributed by atoms with Crippen molar-refractivity contribution in [1.29, 1.82) is 0 Å². The van der Waals surface area contributed by atoms with Crippen LogP contribution in [0.1, 0.15) is 19.8 Å². The third kappa shape index (κ3) is 2.56. The minimum atomic E-state index is -3.35. The summed E-state index contributed by atoms with van der Waals surface area (Å²) >= 11 is 0. The van der Waals surface area contributed by atoms with Gasteiger partial charge in [-0.1, -0.05) is 6.92 Å². The quantitative estimate of drug-likeness (QED) is 0.695. The highest BCUT2D eigenvalue weighted by atomic mass is 32.2. The average Bonchev–Trinajstić information content (AvgIpc) is 2.18. The van der Waals surface area contributed by atoms with Crippen molar-refractivity contribution < 1.29 is 13.2 Å². The number of Topliss-reactive ketones (excluding diaryl/α,β-unsaturated/α-hetero) is 1. The number of rotatable bonds is 3. The third-order valence-corrected chi connectivity index (χ3v) is 4.67. The Hall–Kier alpha value is -0.460. The first-order valence-corrected chi connectivity index (χ1v) is 6.49. The number of piperidine rings is 1. The van der Waals surface area contributed by atoms with Gasteiger partial charge in [0, 0.05) is 39.5 Å². The van der Waals surface area contributed by atoms with Gasteiger partial charge in [-0.25, -0.2) is 0 Å². The Bertz CT molecular complexity index is 337. The summed E-state index contributed by atoms with van der Waals surface area (Å²) < 4.78 is 26.2. The molecule has 1 saturated heterocycles. The van der Waals surface area contributed by atoms with Crippen LogP contribution < -0.4 is 0 Å². The van der Waals surface area contributed by atoms with Crippen molar-refractivity contribution in [2.75, 3.05) is 27.2 Å². The summed E-state index contributed by atoms with van der Waals surface area (Å²) in [5.74, 6) is 0.0520. The predicted octanol–water partition coefficient (Wildman–Crippen LogP) is 0.0938. The van der Waals surface area contributed by atoms with Crippen LogP contribution in [0.15, 0.2) is 0 Å². The lowest BCUT2D eigenvalue weighted by Gasteiger charge is -2.32. The van der Waals surface area contributed by atoms with Gasteiger partial charge in [0.1, 0.15) is 5.78 Å². The molecule has 1 atom stereocenters. The molecule has 5 nitrogen and oxygen atoms in total. The van der Waals surface area contributed by atoms with E-state index in [1.165, 1.54) is 22.7 Å². The Morgan fingerprint density at radius 3 is 2.53 bits per heavy atom. The molecule has 0 spiro atoms. The van der Waals surface area contributed by atoms with Crippen molar-refractivity contribution in [3.05, 3.63) is 0 Å². The second kappa shape index (κ2) is 4.59. The SMILES string of the molecule is CCC1CN(S(=O)(=O)N(C)C)CCC1=O. The van der Waals surface area contributed by atoms with Crippen LogP contribution >= 0.6 is 0 Å². The Morgan fingerprint density at radius 1 is 1.47 bits per heavy atom. The minimum Gasteiger partial charge on any atom is -0.299 e. The van der Waals surface area contributed by atoms with Gasteiger partial charge in [0.15, 0.2) is 0 Å². The van der Waals surface area contributed by atoms with E-state index in [1.54, 1.807) is 0 Å². The zero-order chi connectivity index (χ0) is 11.6. The molecule has 0 aromatic carbocycles. The fourth-order valence-electron chi connectivity index (χ4n) is 1.68. The lowest BCUT2D eigenvalue weighted by atomic mass is 9.96. The number of ketones is 1. The normalized spacial score (nSPS) is 24.8. The Labute approximate surface area is 91.2 Å². The summed E-state index contributed by atoms with van der Waals surface area (Å²) in [7, 11) is -0.339. The van der Waals surface area contributed by atoms with Gasteiger partial charge in [0.2, 0.25) is 0 Å². The molecule has 15 heavy (non-hydrogen) atoms. The van der Waals surface area contributed by atoms with E-state index >= 15 is 0 Å². The van der Waals surface area contributed by atoms with Gasteiger partial charge in [-0.15, -0.1) is 0 Å². The fraction of sp³-hybridized carbons (Fsp3) is 0.889. The highest BCUT2D eigenvalue weighted by Gasteiger charge is 2.33. The second-order valence-electron chi connectivity index (χ2n) is 3.97. The van der Waals surface area contributed by atoms with E-state index in [9.17, 15) is 13.2 Å². The van der Waals surface area contributed by atoms with Crippen molar-refractivity contribution in [3.8, 4) is 0 Å². The van der Waals surface area contributed by atoms with Gasteiger partial charge < -0.3 is 0 Å². The summed E-state index contributed by atoms with van der Waals surface area (Å²) in [6.07, 6.45) is 1.05. The van der Waals surface area contributed by atoms with Crippen LogP contribution in [0, 0.1) is 5.92 Å². The van der Waals surface area contributed by atoms with Crippen molar-refractivity contribution in [2.45, 2.75) is 19.8 Å². The smallest absolute Gasteiger partial charge is 0.281 e. The summed E-state index contributed by atoms with van der Waals surface area (Å²) in [6, 6.07) is 0. The molecule has 1 aliphatic heterocycles. The first-order valence-electron chi connectivity index (χ1n) is 5.10. The largest absolute Gasteiger partial charge is 0.299 e. The first-order chi connectivity index (χ1) is 6.89. The molecule has 0 aliphatic carbocycles. The number of hydrogen-bond donors (Lipinski definition) is 0. The van der Waals surface area contributed by atoms with E-state index in [0.717, 1.165) is 0 Å². The van der Waals surface area contributed by atoms with Gasteiger partial charge in [-0.2, -0.15) is 17.0 Å². The molecule has 1 unspecified atom stereocenters. The van der Waals surface area contributed by atoms with E-state index in [4.69, 9.17) is 0 Å². The Morgan fingerprint density at radius 2 is 2.07 bits per heavy atom. The fourth-order valence-corrected chi connectivity index (χ4v) is 2.83. The summed E-state index contributed by atoms with van der Waals surface area (Å²) in [5, 5.41) is 0. The molecule has 0 bridgehead atoms. The third-order valence-electron chi connectivity index (χ3n) is 2.77. The van der Waals surface area contributed by atoms with E-state index in [2.05, 4.69) is 0 Å². The average molecular weight is 234 g/mol. The Kier molecular flexibility index (Phi) is 3.86. The van der Waals surface area contributed by atoms with E-state index in [0.29, 0.717) is 25.9 Å². The zero-order valence-corrected chi connectivity index (χ0v) is 10.2. The van der Waals surface area contributed by atoms with Gasteiger partial charge in [0.25, 0.3) is 10.2 Å². The molecular weight excluding hydrogens is 216 g/mol. The lowest BCUT2D eigenvalue weighted by Crippen LogP contribution is -2.48. The van der Waals surface area contributed by atoms with E-state index in [1.807, 2.05) is 6.92 Å². The lowest BCUT2D eigenvalue weighted by molar-refractivity contribution is -0.125. The first kappa shape index (κ1) is 12.6. The molecule has 0 amide bonds. The molecular formula is C9H18N2O3S. The van der Waals surface area contributed by atoms with Gasteiger partial charge in [0.05, 0.1) is 0 Å². The van der Waals surface area contributed by atoms with Crippen LogP contribution in [0.2, 0.25) is 0 Å². The summed E-state index contributed by atoms with van der Waals surface area (Å²) in [4.78, 5) is 11.4. The highest BCUT2D eigenvalue weighted by molar-refractivity contribution is 7.86. The minimum absolute atomic E-state index is 0.131. The molecule has 1 rings (SSSR count). The maximum atomic E-state index is 11.8. The van der Waals surface area contributed by atoms with Crippen LogP contribution in [-0.4, -0.2) is 50.0 Å². The van der Waals surface area contributed by atoms with Gasteiger partial charge in [-0.05, 0) is 6.42 Å². The zero-order valence-electron chi connectivity index (χ0n) is 9.43. The van der Waals surface area contributed by atoms with Crippen LogP contribution in [0.3, 0.4) is 0 Å². The second-order valence-corrected chi connectivity index (χ2v) is 6.11. The number of hydrogen-bond acceptors (Lipinski definition) is 3. The molecule has 0 aromatic rings. The van der Waals surface area contributed by atoms with Crippen molar-refractivity contribution in [3.63, 3.8) is 0 Å². The summed E-state index contributed by atoms with van der Waals surface area (Å²) in [6.45, 7) is 2.56. The molecule has 88 valence electrons. The number of carbonyl (C=O) groups excluding carboxylic acids is 1. The molecule has 0 radical (unpaired) electrons. The van der Waals surface area contributed by atoms with Crippen molar-refractivity contribution >= 4 is 16.0 Å². The van der Waals surface area contributed by atoms with Crippen molar-refractivity contribution in [2.24, 2.45) is 5.92 Å². The van der Waals surface area contributed by atoms with Crippen LogP contribution in [0.4, 0.5) is 0 Å². The standard InChI is InChI=1S/C9H18N2O3S/c1-4-8-7-11(6-5-9(8)12)15(13,14)10(2)3/h8H,4-7H2,1-3H3. The monoisotopic (exact) mass is 234 g/mol. The molecule has 1 heterocycles. The molecule has 0 saturated carbocycles. The van der Waals surface area contributed by atoms with Crippen LogP contribution in [0.5, 0.6) is 0 Å². The molecule has 0 aromatic heterocycles. The molecule has 1 aliphatic rings. The maximum absolute atomic E-state index is 11.8. The maximum Gasteiger partial charge on any atom is 0.281 e. The van der Waals surface area contributed by atoms with Crippen molar-refractivity contribution in [1.82, 2.24) is 8.61 Å². The van der Waals surface area contributed by atoms with E-state index < -0.39 is 10.2 Å². The predicted molar refractivity (Wildman–Crippen MR) is 57.6 cm³/mol. The van der Waals surface area contributed by atoms with Crippen LogP contribution in [0.25, 0.3) is 0 Å². The molecule has 1 fully saturated rings. The number of carbonyl (C=O) groups is 1. The van der Waals surface area contributed by atoms with E-state index in [-0.39, 0.29) is 11.7 Å². The van der Waals surface area contributed by atoms with Crippen LogP contribution in [-0.2, 0) is 15.0 Å². The Balaban J connectivity index is 2.79. The van der Waals surface area contributed by atoms with Gasteiger partial charge in [-0.3, -0.25) is 4.79 Å². The van der Waals surface area contributed by atoms with Gasteiger partial charge >= 0.3 is 0 Å². The number of nitrogens with zero attached hydrogens (tertiary/aromatic N) is 2. The molecule has 0 N–H and O–H groups in total. The molecule has 6 heteroatoms. The summed E-state index contributed by atoms with van der Waals surface area (Å²) in [5.41, 5.74) is 0.